The summed E-state index contributed by atoms with van der Waals surface area (Å²) in [6.07, 6.45) is 4.34. The number of aliphatic imine (C=N–C) groups is 1. The number of halogens is 2. The molecule has 2 N–H and O–H groups in total. The summed E-state index contributed by atoms with van der Waals surface area (Å²) in [5, 5.41) is 6.99. The SMILES string of the molecule is CCNC(=NCC1(c2cccc(Br)c2)CC1)NC1CCN(C(=O)C(C)C)CC1.I. The van der Waals surface area contributed by atoms with E-state index in [0.29, 0.717) is 6.04 Å². The van der Waals surface area contributed by atoms with Crippen LogP contribution in [-0.4, -0.2) is 49.0 Å². The number of carbonyl (C=O) groups excluding carboxylic acids is 1. The largest absolute Gasteiger partial charge is 0.357 e. The fourth-order valence-corrected chi connectivity index (χ4v) is 4.26. The first-order valence-corrected chi connectivity index (χ1v) is 11.3. The van der Waals surface area contributed by atoms with Gasteiger partial charge in [0.25, 0.3) is 0 Å². The van der Waals surface area contributed by atoms with E-state index in [4.69, 9.17) is 4.99 Å². The zero-order valence-electron chi connectivity index (χ0n) is 17.7. The van der Waals surface area contributed by atoms with Crippen LogP contribution in [0.1, 0.15) is 52.0 Å². The first kappa shape index (κ1) is 24.4. The fraction of sp³-hybridized carbons (Fsp3) is 0.636. The molecule has 7 heteroatoms. The summed E-state index contributed by atoms with van der Waals surface area (Å²) in [4.78, 5) is 19.1. The van der Waals surface area contributed by atoms with Gasteiger partial charge in [-0.2, -0.15) is 0 Å². The van der Waals surface area contributed by atoms with Crippen LogP contribution < -0.4 is 10.6 Å². The predicted octanol–water partition coefficient (Wildman–Crippen LogP) is 4.30. The molecule has 1 saturated carbocycles. The molecule has 1 aromatic carbocycles. The Labute approximate surface area is 200 Å². The van der Waals surface area contributed by atoms with Gasteiger partial charge >= 0.3 is 0 Å². The predicted molar refractivity (Wildman–Crippen MR) is 134 cm³/mol. The molecule has 3 rings (SSSR count). The van der Waals surface area contributed by atoms with E-state index < -0.39 is 0 Å². The van der Waals surface area contributed by atoms with Gasteiger partial charge in [0.15, 0.2) is 5.96 Å². The monoisotopic (exact) mass is 576 g/mol. The molecule has 2 aliphatic rings. The van der Waals surface area contributed by atoms with Crippen molar-refractivity contribution in [3.8, 4) is 0 Å². The number of benzene rings is 1. The second kappa shape index (κ2) is 11.0. The van der Waals surface area contributed by atoms with Crippen molar-refractivity contribution in [2.24, 2.45) is 10.9 Å². The zero-order valence-corrected chi connectivity index (χ0v) is 21.6. The number of likely N-dealkylation sites (tertiary alicyclic amines) is 1. The van der Waals surface area contributed by atoms with Gasteiger partial charge in [0.05, 0.1) is 6.54 Å². The van der Waals surface area contributed by atoms with E-state index in [1.807, 2.05) is 18.7 Å². The minimum Gasteiger partial charge on any atom is -0.357 e. The number of rotatable bonds is 6. The van der Waals surface area contributed by atoms with Gasteiger partial charge in [-0.25, -0.2) is 0 Å². The average Bonchev–Trinajstić information content (AvgIpc) is 3.47. The summed E-state index contributed by atoms with van der Waals surface area (Å²) in [5.41, 5.74) is 1.57. The van der Waals surface area contributed by atoms with Crippen LogP contribution in [0.4, 0.5) is 0 Å². The van der Waals surface area contributed by atoms with Crippen LogP contribution in [0, 0.1) is 5.92 Å². The van der Waals surface area contributed by atoms with Gasteiger partial charge in [0.1, 0.15) is 0 Å². The highest BCUT2D eigenvalue weighted by Gasteiger charge is 2.44. The third-order valence-electron chi connectivity index (χ3n) is 5.82. The fourth-order valence-electron chi connectivity index (χ4n) is 3.86. The number of guanidine groups is 1. The van der Waals surface area contributed by atoms with E-state index in [1.54, 1.807) is 0 Å². The second-order valence-electron chi connectivity index (χ2n) is 8.38. The molecule has 0 spiro atoms. The minimum absolute atomic E-state index is 0. The van der Waals surface area contributed by atoms with Crippen molar-refractivity contribution in [2.45, 2.75) is 57.9 Å². The first-order chi connectivity index (χ1) is 13.4. The van der Waals surface area contributed by atoms with Gasteiger partial charge in [-0.1, -0.05) is 41.9 Å². The normalized spacial score (nSPS) is 18.9. The number of nitrogens with one attached hydrogen (secondary N) is 2. The zero-order chi connectivity index (χ0) is 20.1. The van der Waals surface area contributed by atoms with Gasteiger partial charge in [0.2, 0.25) is 5.91 Å². The molecule has 1 heterocycles. The maximum Gasteiger partial charge on any atom is 0.225 e. The van der Waals surface area contributed by atoms with Crippen LogP contribution >= 0.6 is 39.9 Å². The van der Waals surface area contributed by atoms with Crippen molar-refractivity contribution < 1.29 is 4.79 Å². The molecule has 1 aliphatic carbocycles. The molecule has 0 unspecified atom stereocenters. The molecule has 1 aliphatic heterocycles. The van der Waals surface area contributed by atoms with E-state index in [9.17, 15) is 4.79 Å². The highest BCUT2D eigenvalue weighted by molar-refractivity contribution is 14.0. The van der Waals surface area contributed by atoms with Gasteiger partial charge in [-0.05, 0) is 50.3 Å². The Kier molecular flexibility index (Phi) is 9.25. The molecule has 5 nitrogen and oxygen atoms in total. The molecule has 0 atom stereocenters. The van der Waals surface area contributed by atoms with E-state index in [1.165, 1.54) is 18.4 Å². The van der Waals surface area contributed by atoms with Gasteiger partial charge in [-0.3, -0.25) is 9.79 Å². The molecular formula is C22H34BrIN4O. The lowest BCUT2D eigenvalue weighted by molar-refractivity contribution is -0.135. The summed E-state index contributed by atoms with van der Waals surface area (Å²) >= 11 is 3.59. The van der Waals surface area contributed by atoms with E-state index in [2.05, 4.69) is 57.8 Å². The third-order valence-corrected chi connectivity index (χ3v) is 6.31. The van der Waals surface area contributed by atoms with Crippen molar-refractivity contribution >= 4 is 51.8 Å². The summed E-state index contributed by atoms with van der Waals surface area (Å²) in [5.74, 6) is 1.25. The minimum atomic E-state index is 0. The maximum atomic E-state index is 12.2. The first-order valence-electron chi connectivity index (χ1n) is 10.5. The van der Waals surface area contributed by atoms with Gasteiger partial charge in [0, 0.05) is 41.5 Å². The van der Waals surface area contributed by atoms with Crippen LogP contribution in [0.2, 0.25) is 0 Å². The molecular weight excluding hydrogens is 543 g/mol. The lowest BCUT2D eigenvalue weighted by Gasteiger charge is -2.34. The molecule has 29 heavy (non-hydrogen) atoms. The van der Waals surface area contributed by atoms with E-state index in [0.717, 1.165) is 49.5 Å². The van der Waals surface area contributed by atoms with Gasteiger partial charge in [-0.15, -0.1) is 24.0 Å². The lowest BCUT2D eigenvalue weighted by atomic mass is 9.96. The Hall–Kier alpha value is -0.830. The summed E-state index contributed by atoms with van der Waals surface area (Å²) in [7, 11) is 0. The Balaban J connectivity index is 0.00000300. The standard InChI is InChI=1S/C22H33BrN4O.HI/c1-4-24-21(26-19-8-12-27(13-9-19)20(28)16(2)3)25-15-22(10-11-22)17-6-5-7-18(23)14-17;/h5-7,14,16,19H,4,8-13,15H2,1-3H3,(H2,24,25,26);1H. The van der Waals surface area contributed by atoms with Crippen LogP contribution in [0.3, 0.4) is 0 Å². The van der Waals surface area contributed by atoms with E-state index >= 15 is 0 Å². The Morgan fingerprint density at radius 3 is 2.55 bits per heavy atom. The Bertz CT molecular complexity index is 713. The molecule has 0 bridgehead atoms. The molecule has 1 aromatic rings. The molecule has 162 valence electrons. The van der Waals surface area contributed by atoms with Crippen molar-refractivity contribution in [3.05, 3.63) is 34.3 Å². The number of nitrogens with zero attached hydrogens (tertiary/aromatic N) is 2. The second-order valence-corrected chi connectivity index (χ2v) is 9.30. The highest BCUT2D eigenvalue weighted by atomic mass is 127. The van der Waals surface area contributed by atoms with Crippen molar-refractivity contribution in [1.82, 2.24) is 15.5 Å². The topological polar surface area (TPSA) is 56.7 Å². The Morgan fingerprint density at radius 1 is 1.31 bits per heavy atom. The molecule has 1 amide bonds. The van der Waals surface area contributed by atoms with Crippen molar-refractivity contribution in [2.75, 3.05) is 26.2 Å². The molecule has 0 radical (unpaired) electrons. The summed E-state index contributed by atoms with van der Waals surface area (Å²) in [6, 6.07) is 9.00. The number of piperidine rings is 1. The van der Waals surface area contributed by atoms with Gasteiger partial charge < -0.3 is 15.5 Å². The number of hydrogen-bond donors (Lipinski definition) is 2. The maximum absolute atomic E-state index is 12.2. The van der Waals surface area contributed by atoms with Crippen molar-refractivity contribution in [1.29, 1.82) is 0 Å². The summed E-state index contributed by atoms with van der Waals surface area (Å²) in [6.45, 7) is 9.36. The van der Waals surface area contributed by atoms with Crippen LogP contribution in [0.5, 0.6) is 0 Å². The number of carbonyl (C=O) groups is 1. The summed E-state index contributed by atoms with van der Waals surface area (Å²) < 4.78 is 1.13. The third kappa shape index (κ3) is 6.57. The average molecular weight is 577 g/mol. The van der Waals surface area contributed by atoms with E-state index in [-0.39, 0.29) is 41.2 Å². The molecule has 2 fully saturated rings. The number of hydrogen-bond acceptors (Lipinski definition) is 2. The van der Waals surface area contributed by atoms with Crippen LogP contribution in [0.15, 0.2) is 33.7 Å². The molecule has 0 aromatic heterocycles. The van der Waals surface area contributed by atoms with Crippen LogP contribution in [-0.2, 0) is 10.2 Å². The quantitative estimate of drug-likeness (QED) is 0.302. The Morgan fingerprint density at radius 2 is 2.00 bits per heavy atom. The van der Waals surface area contributed by atoms with Crippen molar-refractivity contribution in [3.63, 3.8) is 0 Å². The molecule has 1 saturated heterocycles. The smallest absolute Gasteiger partial charge is 0.225 e. The highest BCUT2D eigenvalue weighted by Crippen LogP contribution is 2.48. The van der Waals surface area contributed by atoms with Crippen LogP contribution in [0.25, 0.3) is 0 Å². The number of amides is 1. The lowest BCUT2D eigenvalue weighted by Crippen LogP contribution is -2.50.